The molecule has 0 bridgehead atoms. The van der Waals surface area contributed by atoms with Gasteiger partial charge in [-0.15, -0.1) is 0 Å². The minimum absolute atomic E-state index is 0.747. The molecule has 0 amide bonds. The van der Waals surface area contributed by atoms with Crippen LogP contribution in [0.15, 0.2) is 0 Å². The van der Waals surface area contributed by atoms with Crippen LogP contribution < -0.4 is 8.75 Å². The van der Waals surface area contributed by atoms with Crippen LogP contribution in [-0.2, 0) is 0 Å². The molecule has 3 aromatic heterocycles. The molecule has 3 rings (SSSR count). The van der Waals surface area contributed by atoms with Gasteiger partial charge in [0.2, 0.25) is 0 Å². The smallest absolute Gasteiger partial charge is 0.104 e. The lowest BCUT2D eigenvalue weighted by Crippen LogP contribution is -1.81. The third-order valence-corrected chi connectivity index (χ3v) is 6.07. The van der Waals surface area contributed by atoms with Gasteiger partial charge >= 0.3 is 0 Å². The maximum absolute atomic E-state index is 6.19. The van der Waals surface area contributed by atoms with Crippen molar-refractivity contribution < 1.29 is 0 Å². The molecule has 0 unspecified atom stereocenters. The Balaban J connectivity index is 2.67. The van der Waals surface area contributed by atoms with Crippen LogP contribution >= 0.6 is 53.4 Å². The molecule has 13 heavy (non-hydrogen) atoms. The lowest BCUT2D eigenvalue weighted by molar-refractivity contribution is 1.38. The molecule has 0 radical (unpaired) electrons. The van der Waals surface area contributed by atoms with Gasteiger partial charge in [-0.3, -0.25) is 0 Å². The molecule has 0 aromatic carbocycles. The highest BCUT2D eigenvalue weighted by molar-refractivity contribution is 7.71. The zero-order valence-corrected chi connectivity index (χ0v) is 10.1. The lowest BCUT2D eigenvalue weighted by atomic mass is 10.4. The Morgan fingerprint density at radius 1 is 1.08 bits per heavy atom. The normalized spacial score (nSPS) is 11.5. The highest BCUT2D eigenvalue weighted by Crippen LogP contribution is 2.36. The fourth-order valence-corrected chi connectivity index (χ4v) is 5.56. The second kappa shape index (κ2) is 2.96. The van der Waals surface area contributed by atoms with E-state index in [4.69, 9.17) is 11.6 Å². The molecular formula is C5H2ClN3S4. The summed E-state index contributed by atoms with van der Waals surface area (Å²) in [6.07, 6.45) is 0. The van der Waals surface area contributed by atoms with Gasteiger partial charge in [0, 0.05) is 32.4 Å². The molecule has 0 atom stereocenters. The molecule has 0 N–H and O–H groups in total. The van der Waals surface area contributed by atoms with E-state index >= 15 is 0 Å². The minimum atomic E-state index is 0.747. The van der Waals surface area contributed by atoms with Gasteiger partial charge in [0.25, 0.3) is 0 Å². The van der Waals surface area contributed by atoms with Gasteiger partial charge in [0.1, 0.15) is 30.1 Å². The molecule has 0 saturated carbocycles. The van der Waals surface area contributed by atoms with Crippen LogP contribution in [-0.4, -0.2) is 4.98 Å². The Kier molecular flexibility index (Phi) is 1.88. The van der Waals surface area contributed by atoms with Crippen molar-refractivity contribution in [1.29, 1.82) is 0 Å². The highest BCUT2D eigenvalue weighted by Gasteiger charge is 2.08. The summed E-state index contributed by atoms with van der Waals surface area (Å²) in [5.41, 5.74) is 1.49. The quantitative estimate of drug-likeness (QED) is 0.465. The number of hydrogen-bond donors (Lipinski definition) is 0. The van der Waals surface area contributed by atoms with E-state index in [0.29, 0.717) is 0 Å². The van der Waals surface area contributed by atoms with E-state index in [-0.39, 0.29) is 0 Å². The summed E-state index contributed by atoms with van der Waals surface area (Å²) in [4.78, 5) is 4.32. The zero-order chi connectivity index (χ0) is 8.84. The Morgan fingerprint density at radius 3 is 2.15 bits per heavy atom. The summed E-state index contributed by atoms with van der Waals surface area (Å²) < 4.78 is 10.4. The van der Waals surface area contributed by atoms with E-state index < -0.39 is 0 Å². The second-order valence-electron chi connectivity index (χ2n) is 2.28. The van der Waals surface area contributed by atoms with Crippen LogP contribution in [0.25, 0.3) is 20.7 Å². The Bertz CT molecular complexity index is 539. The summed E-state index contributed by atoms with van der Waals surface area (Å²) >= 11 is 6.19. The van der Waals surface area contributed by atoms with E-state index in [9.17, 15) is 0 Å². The van der Waals surface area contributed by atoms with Crippen molar-refractivity contribution in [3.05, 3.63) is 5.02 Å². The number of pyridine rings is 1. The average molecular weight is 268 g/mol. The first-order chi connectivity index (χ1) is 6.36. The molecule has 3 aromatic rings. The topological polar surface area (TPSA) is 41.1 Å². The Hall–Kier alpha value is -0.0800. The zero-order valence-electron chi connectivity index (χ0n) is 5.93. The first-order valence-corrected chi connectivity index (χ1v) is 8.17. The van der Waals surface area contributed by atoms with Crippen LogP contribution in [0.1, 0.15) is 0 Å². The van der Waals surface area contributed by atoms with E-state index in [2.05, 4.69) is 13.7 Å². The van der Waals surface area contributed by atoms with E-state index in [0.717, 1.165) is 46.8 Å². The van der Waals surface area contributed by atoms with Crippen molar-refractivity contribution in [2.45, 2.75) is 0 Å². The standard InChI is InChI=1S/C5H2ClN3S4/c6-1-2-4(8-12-10-2)7-5-3(1)11-13-9-5/h12-13H. The van der Waals surface area contributed by atoms with Crippen molar-refractivity contribution in [3.8, 4) is 0 Å². The van der Waals surface area contributed by atoms with Crippen molar-refractivity contribution >= 4 is 74.0 Å². The lowest BCUT2D eigenvalue weighted by Gasteiger charge is -1.98. The molecule has 0 saturated heterocycles. The molecule has 3 heterocycles. The van der Waals surface area contributed by atoms with Gasteiger partial charge < -0.3 is 4.98 Å². The molecule has 0 aliphatic rings. The number of halogens is 1. The molecule has 68 valence electrons. The van der Waals surface area contributed by atoms with Crippen LogP contribution in [0.5, 0.6) is 0 Å². The SMILES string of the molecule is Clc1c2s[sH+][n-]c2nc2[n-][sH+]sc12. The van der Waals surface area contributed by atoms with E-state index in [1.165, 1.54) is 0 Å². The molecule has 0 aliphatic carbocycles. The van der Waals surface area contributed by atoms with E-state index in [1.807, 2.05) is 0 Å². The van der Waals surface area contributed by atoms with Crippen LogP contribution in [0.3, 0.4) is 0 Å². The maximum atomic E-state index is 6.19. The third kappa shape index (κ3) is 1.15. The summed E-state index contributed by atoms with van der Waals surface area (Å²) in [6, 6.07) is 0. The largest absolute Gasteiger partial charge is 0.430 e. The predicted molar refractivity (Wildman–Crippen MR) is 62.8 cm³/mol. The first kappa shape index (κ1) is 8.25. The van der Waals surface area contributed by atoms with Crippen LogP contribution in [0, 0.1) is 0 Å². The summed E-state index contributed by atoms with van der Waals surface area (Å²) in [5, 5.41) is 0.775. The minimum Gasteiger partial charge on any atom is -0.430 e. The van der Waals surface area contributed by atoms with Gasteiger partial charge in [-0.2, -0.15) is 0 Å². The number of hydrogen-bond acceptors (Lipinski definition) is 3. The Morgan fingerprint density at radius 2 is 1.62 bits per heavy atom. The first-order valence-electron chi connectivity index (χ1n) is 3.26. The van der Waals surface area contributed by atoms with Gasteiger partial charge in [0.15, 0.2) is 0 Å². The number of nitrogens with zero attached hydrogens (tertiary/aromatic N) is 3. The maximum Gasteiger partial charge on any atom is 0.104 e. The summed E-state index contributed by atoms with van der Waals surface area (Å²) in [5.74, 6) is 0. The Labute approximate surface area is 92.4 Å². The molecule has 0 fully saturated rings. The molecule has 0 spiro atoms. The third-order valence-electron chi connectivity index (χ3n) is 1.55. The van der Waals surface area contributed by atoms with Crippen molar-refractivity contribution in [3.63, 3.8) is 0 Å². The van der Waals surface area contributed by atoms with Gasteiger partial charge in [-0.1, -0.05) is 11.6 Å². The van der Waals surface area contributed by atoms with Gasteiger partial charge in [-0.05, 0) is 0 Å². The van der Waals surface area contributed by atoms with Crippen molar-refractivity contribution in [2.75, 3.05) is 0 Å². The van der Waals surface area contributed by atoms with Gasteiger partial charge in [-0.25, -0.2) is 8.75 Å². The molecule has 0 aliphatic heterocycles. The molecule has 3 nitrogen and oxygen atoms in total. The highest BCUT2D eigenvalue weighted by atomic mass is 35.5. The van der Waals surface area contributed by atoms with Crippen LogP contribution in [0.2, 0.25) is 5.02 Å². The number of aromatic nitrogens is 3. The second-order valence-corrected chi connectivity index (χ2v) is 6.64. The average Bonchev–Trinajstić information content (AvgIpc) is 2.71. The van der Waals surface area contributed by atoms with E-state index in [1.54, 1.807) is 20.7 Å². The molecular weight excluding hydrogens is 266 g/mol. The number of fused-ring (bicyclic) bond motifs is 2. The summed E-state index contributed by atoms with van der Waals surface area (Å²) in [7, 11) is 5.14. The van der Waals surface area contributed by atoms with Crippen molar-refractivity contribution in [1.82, 2.24) is 13.7 Å². The van der Waals surface area contributed by atoms with Gasteiger partial charge in [0.05, 0.1) is 5.02 Å². The van der Waals surface area contributed by atoms with Crippen molar-refractivity contribution in [2.24, 2.45) is 0 Å². The molecule has 8 heteroatoms. The fraction of sp³-hybridized carbons (Fsp3) is 0. The van der Waals surface area contributed by atoms with Crippen LogP contribution in [0.4, 0.5) is 0 Å². The fourth-order valence-electron chi connectivity index (χ4n) is 0.998. The monoisotopic (exact) mass is 267 g/mol. The number of rotatable bonds is 0. The summed E-state index contributed by atoms with van der Waals surface area (Å²) in [6.45, 7) is 0. The predicted octanol–water partition coefficient (Wildman–Crippen LogP) is 2.79.